The summed E-state index contributed by atoms with van der Waals surface area (Å²) in [5.74, 6) is 0. The van der Waals surface area contributed by atoms with Gasteiger partial charge in [0, 0.05) is 23.8 Å². The van der Waals surface area contributed by atoms with Crippen LogP contribution in [0.5, 0.6) is 0 Å². The van der Waals surface area contributed by atoms with Gasteiger partial charge in [-0.05, 0) is 19.8 Å². The van der Waals surface area contributed by atoms with Crippen LogP contribution in [0.25, 0.3) is 0 Å². The van der Waals surface area contributed by atoms with E-state index in [1.165, 1.54) is 6.42 Å². The summed E-state index contributed by atoms with van der Waals surface area (Å²) in [5.41, 5.74) is 0.840. The Hall–Kier alpha value is -0.450. The molecule has 1 heterocycles. The zero-order valence-corrected chi connectivity index (χ0v) is 14.6. The summed E-state index contributed by atoms with van der Waals surface area (Å²) < 4.78 is 6.01. The Bertz CT molecular complexity index is 438. The minimum atomic E-state index is -0.447. The summed E-state index contributed by atoms with van der Waals surface area (Å²) in [5, 5.41) is 13.9. The number of aliphatic hydroxyl groups excluding tert-OH is 1. The number of ether oxygens (including phenoxy) is 1. The van der Waals surface area contributed by atoms with Gasteiger partial charge in [-0.1, -0.05) is 40.0 Å². The number of aromatic nitrogens is 1. The molecule has 1 aromatic rings. The molecule has 3 nitrogen and oxygen atoms in total. The third kappa shape index (κ3) is 4.05. The highest BCUT2D eigenvalue weighted by atomic mass is 32.1. The first-order valence-corrected chi connectivity index (χ1v) is 9.02. The lowest BCUT2D eigenvalue weighted by Crippen LogP contribution is -2.47. The van der Waals surface area contributed by atoms with Crippen molar-refractivity contribution in [3.8, 4) is 0 Å². The summed E-state index contributed by atoms with van der Waals surface area (Å²) in [6, 6.07) is 0. The summed E-state index contributed by atoms with van der Waals surface area (Å²) in [7, 11) is 0. The van der Waals surface area contributed by atoms with E-state index in [9.17, 15) is 5.11 Å². The molecule has 120 valence electrons. The maximum absolute atomic E-state index is 10.8. The lowest BCUT2D eigenvalue weighted by Gasteiger charge is -2.40. The monoisotopic (exact) mass is 311 g/mol. The molecular weight excluding hydrogens is 282 g/mol. The Labute approximate surface area is 132 Å². The van der Waals surface area contributed by atoms with Gasteiger partial charge < -0.3 is 9.84 Å². The molecule has 1 aliphatic carbocycles. The van der Waals surface area contributed by atoms with E-state index in [1.807, 2.05) is 6.92 Å². The fraction of sp³-hybridized carbons (Fsp3) is 0.824. The van der Waals surface area contributed by atoms with E-state index in [1.54, 1.807) is 11.3 Å². The standard InChI is InChI=1S/C17H29NO2S/c1-5-20-17(9-7-6-8-10-17)14(19)11-15-18-13(12-21-15)16(2,3)4/h12,14,19H,5-11H2,1-4H3. The van der Waals surface area contributed by atoms with Gasteiger partial charge in [0.15, 0.2) is 0 Å². The molecule has 1 N–H and O–H groups in total. The molecule has 1 aliphatic rings. The van der Waals surface area contributed by atoms with E-state index >= 15 is 0 Å². The Kier molecular flexibility index (Phi) is 5.44. The zero-order valence-electron chi connectivity index (χ0n) is 13.8. The van der Waals surface area contributed by atoms with Crippen LogP contribution in [-0.2, 0) is 16.6 Å². The van der Waals surface area contributed by atoms with Crippen LogP contribution < -0.4 is 0 Å². The van der Waals surface area contributed by atoms with Crippen LogP contribution in [0.15, 0.2) is 5.38 Å². The number of aliphatic hydroxyl groups is 1. The van der Waals surface area contributed by atoms with Gasteiger partial charge in [-0.3, -0.25) is 0 Å². The van der Waals surface area contributed by atoms with Gasteiger partial charge in [-0.25, -0.2) is 4.98 Å². The first-order valence-electron chi connectivity index (χ1n) is 8.14. The van der Waals surface area contributed by atoms with Crippen molar-refractivity contribution >= 4 is 11.3 Å². The number of hydrogen-bond donors (Lipinski definition) is 1. The lowest BCUT2D eigenvalue weighted by atomic mass is 9.79. The first-order chi connectivity index (χ1) is 9.87. The molecule has 0 amide bonds. The van der Waals surface area contributed by atoms with Crippen molar-refractivity contribution in [1.29, 1.82) is 0 Å². The fourth-order valence-electron chi connectivity index (χ4n) is 3.11. The molecule has 0 spiro atoms. The fourth-order valence-corrected chi connectivity index (χ4v) is 4.17. The predicted octanol–water partition coefficient (Wildman–Crippen LogP) is 4.08. The molecule has 0 aliphatic heterocycles. The predicted molar refractivity (Wildman–Crippen MR) is 88.0 cm³/mol. The average molecular weight is 311 g/mol. The van der Waals surface area contributed by atoms with Crippen LogP contribution in [0.3, 0.4) is 0 Å². The van der Waals surface area contributed by atoms with E-state index in [2.05, 4.69) is 26.2 Å². The van der Waals surface area contributed by atoms with Crippen LogP contribution in [0.1, 0.15) is 70.5 Å². The van der Waals surface area contributed by atoms with E-state index in [-0.39, 0.29) is 11.0 Å². The van der Waals surface area contributed by atoms with Crippen molar-refractivity contribution in [2.45, 2.75) is 83.3 Å². The van der Waals surface area contributed by atoms with Gasteiger partial charge in [0.25, 0.3) is 0 Å². The Balaban J connectivity index is 2.08. The molecule has 0 saturated heterocycles. The molecule has 4 heteroatoms. The highest BCUT2D eigenvalue weighted by Crippen LogP contribution is 2.36. The van der Waals surface area contributed by atoms with Crippen LogP contribution in [0.2, 0.25) is 0 Å². The largest absolute Gasteiger partial charge is 0.390 e. The van der Waals surface area contributed by atoms with Gasteiger partial charge in [0.1, 0.15) is 0 Å². The van der Waals surface area contributed by atoms with Crippen LogP contribution in [0.4, 0.5) is 0 Å². The zero-order chi connectivity index (χ0) is 15.5. The molecule has 21 heavy (non-hydrogen) atoms. The summed E-state index contributed by atoms with van der Waals surface area (Å²) in [4.78, 5) is 4.71. The van der Waals surface area contributed by atoms with Gasteiger partial charge in [-0.15, -0.1) is 11.3 Å². The third-order valence-corrected chi connectivity index (χ3v) is 5.30. The molecule has 0 bridgehead atoms. The molecule has 0 radical (unpaired) electrons. The Morgan fingerprint density at radius 3 is 2.52 bits per heavy atom. The van der Waals surface area contributed by atoms with E-state index in [0.717, 1.165) is 36.4 Å². The van der Waals surface area contributed by atoms with E-state index in [4.69, 9.17) is 9.72 Å². The second kappa shape index (κ2) is 6.76. The van der Waals surface area contributed by atoms with Crippen molar-refractivity contribution < 1.29 is 9.84 Å². The van der Waals surface area contributed by atoms with E-state index in [0.29, 0.717) is 13.0 Å². The number of nitrogens with zero attached hydrogens (tertiary/aromatic N) is 1. The van der Waals surface area contributed by atoms with Gasteiger partial charge in [0.05, 0.1) is 22.4 Å². The number of thiazole rings is 1. The molecule has 0 aromatic carbocycles. The van der Waals surface area contributed by atoms with E-state index < -0.39 is 6.10 Å². The SMILES string of the molecule is CCOC1(C(O)Cc2nc(C(C)(C)C)cs2)CCCCC1. The average Bonchev–Trinajstić information content (AvgIpc) is 2.88. The van der Waals surface area contributed by atoms with Crippen molar-refractivity contribution in [3.63, 3.8) is 0 Å². The summed E-state index contributed by atoms with van der Waals surface area (Å²) >= 11 is 1.66. The maximum atomic E-state index is 10.8. The van der Waals surface area contributed by atoms with Gasteiger partial charge in [-0.2, -0.15) is 0 Å². The Morgan fingerprint density at radius 2 is 2.00 bits per heavy atom. The molecule has 1 atom stereocenters. The van der Waals surface area contributed by atoms with Crippen LogP contribution in [0, 0.1) is 0 Å². The first kappa shape index (κ1) is 16.9. The molecule has 1 aromatic heterocycles. The topological polar surface area (TPSA) is 42.4 Å². The van der Waals surface area contributed by atoms with Crippen LogP contribution in [-0.4, -0.2) is 28.4 Å². The molecular formula is C17H29NO2S. The highest BCUT2D eigenvalue weighted by molar-refractivity contribution is 7.09. The van der Waals surface area contributed by atoms with Crippen molar-refractivity contribution in [3.05, 3.63) is 16.1 Å². The minimum Gasteiger partial charge on any atom is -0.390 e. The Morgan fingerprint density at radius 1 is 1.33 bits per heavy atom. The van der Waals surface area contributed by atoms with Crippen molar-refractivity contribution in [1.82, 2.24) is 4.98 Å². The summed E-state index contributed by atoms with van der Waals surface area (Å²) in [6.07, 6.45) is 5.67. The molecule has 1 unspecified atom stereocenters. The number of hydrogen-bond acceptors (Lipinski definition) is 4. The smallest absolute Gasteiger partial charge is 0.0955 e. The second-order valence-electron chi connectivity index (χ2n) is 7.15. The minimum absolute atomic E-state index is 0.0716. The normalized spacial score (nSPS) is 20.4. The van der Waals surface area contributed by atoms with Gasteiger partial charge in [0.2, 0.25) is 0 Å². The molecule has 2 rings (SSSR count). The number of rotatable bonds is 5. The maximum Gasteiger partial charge on any atom is 0.0955 e. The molecule has 1 fully saturated rings. The summed E-state index contributed by atoms with van der Waals surface area (Å²) in [6.45, 7) is 9.20. The lowest BCUT2D eigenvalue weighted by molar-refractivity contribution is -0.138. The van der Waals surface area contributed by atoms with Crippen molar-refractivity contribution in [2.24, 2.45) is 0 Å². The quantitative estimate of drug-likeness (QED) is 0.891. The van der Waals surface area contributed by atoms with Crippen LogP contribution >= 0.6 is 11.3 Å². The van der Waals surface area contributed by atoms with Gasteiger partial charge >= 0.3 is 0 Å². The molecule has 1 saturated carbocycles. The highest BCUT2D eigenvalue weighted by Gasteiger charge is 2.40. The third-order valence-electron chi connectivity index (χ3n) is 4.43. The van der Waals surface area contributed by atoms with Crippen molar-refractivity contribution in [2.75, 3.05) is 6.61 Å². The second-order valence-corrected chi connectivity index (χ2v) is 8.10.